The number of nitrogens with one attached hydrogen (secondary N) is 2. The first-order chi connectivity index (χ1) is 17.4. The highest BCUT2D eigenvalue weighted by Crippen LogP contribution is 2.39. The SMILES string of the molecule is CC(C)(C)NS(=O)(=O)c1ccc(-c2sc(C(=O)NC3CCC3)nc2CC2CCCCC2)c(Cl)c1.O=C=O. The van der Waals surface area contributed by atoms with E-state index in [-0.39, 0.29) is 23.0 Å². The molecule has 0 atom stereocenters. The van der Waals surface area contributed by atoms with Crippen molar-refractivity contribution in [2.45, 2.75) is 95.0 Å². The highest BCUT2D eigenvalue weighted by molar-refractivity contribution is 7.89. The van der Waals surface area contributed by atoms with E-state index < -0.39 is 15.6 Å². The van der Waals surface area contributed by atoms with Crippen LogP contribution in [-0.4, -0.2) is 37.0 Å². The number of aromatic nitrogens is 1. The maximum atomic E-state index is 12.9. The molecule has 0 bridgehead atoms. The zero-order valence-corrected chi connectivity index (χ0v) is 23.8. The first-order valence-electron chi connectivity index (χ1n) is 12.6. The van der Waals surface area contributed by atoms with Gasteiger partial charge in [-0.25, -0.2) is 18.1 Å². The van der Waals surface area contributed by atoms with Crippen molar-refractivity contribution in [3.8, 4) is 10.4 Å². The lowest BCUT2D eigenvalue weighted by Crippen LogP contribution is -2.40. The average Bonchev–Trinajstić information content (AvgIpc) is 3.19. The maximum absolute atomic E-state index is 12.9. The van der Waals surface area contributed by atoms with E-state index in [1.165, 1.54) is 49.5 Å². The van der Waals surface area contributed by atoms with Gasteiger partial charge in [0, 0.05) is 17.1 Å². The van der Waals surface area contributed by atoms with Gasteiger partial charge in [-0.2, -0.15) is 9.59 Å². The summed E-state index contributed by atoms with van der Waals surface area (Å²) in [5.74, 6) is 0.419. The summed E-state index contributed by atoms with van der Waals surface area (Å²) in [5.41, 5.74) is 1.01. The average molecular weight is 568 g/mol. The first-order valence-corrected chi connectivity index (χ1v) is 15.2. The van der Waals surface area contributed by atoms with Crippen molar-refractivity contribution in [1.82, 2.24) is 15.0 Å². The monoisotopic (exact) mass is 567 g/mol. The molecule has 1 amide bonds. The van der Waals surface area contributed by atoms with Gasteiger partial charge < -0.3 is 5.32 Å². The number of hydrogen-bond donors (Lipinski definition) is 2. The fourth-order valence-corrected chi connectivity index (χ4v) is 7.45. The fourth-order valence-electron chi connectivity index (χ4n) is 4.57. The van der Waals surface area contributed by atoms with Crippen molar-refractivity contribution in [3.05, 3.63) is 33.9 Å². The fraction of sp³-hybridized carbons (Fsp3) is 0.577. The smallest absolute Gasteiger partial charge is 0.347 e. The van der Waals surface area contributed by atoms with Gasteiger partial charge in [-0.15, -0.1) is 11.3 Å². The number of thiazole rings is 1. The van der Waals surface area contributed by atoms with Gasteiger partial charge in [0.05, 0.1) is 20.5 Å². The summed E-state index contributed by atoms with van der Waals surface area (Å²) in [6, 6.07) is 5.05. The molecule has 202 valence electrons. The van der Waals surface area contributed by atoms with Crippen molar-refractivity contribution in [1.29, 1.82) is 0 Å². The molecule has 1 aromatic heterocycles. The number of benzene rings is 1. The molecule has 0 radical (unpaired) electrons. The maximum Gasteiger partial charge on any atom is 0.373 e. The Bertz CT molecular complexity index is 1240. The van der Waals surface area contributed by atoms with E-state index in [9.17, 15) is 13.2 Å². The number of carbonyl (C=O) groups excluding carboxylic acids is 3. The molecule has 0 spiro atoms. The number of nitrogens with zero attached hydrogens (tertiary/aromatic N) is 1. The number of carbonyl (C=O) groups is 1. The molecule has 0 saturated heterocycles. The molecule has 4 rings (SSSR count). The summed E-state index contributed by atoms with van der Waals surface area (Å²) in [5, 5.41) is 3.88. The largest absolute Gasteiger partial charge is 0.373 e. The minimum absolute atomic E-state index is 0.123. The third-order valence-electron chi connectivity index (χ3n) is 6.47. The number of sulfonamides is 1. The standard InChI is InChI=1S/C25H34ClN3O3S2.CO2/c1-25(2,3)29-34(31,32)18-12-13-19(20(26)15-18)22-21(14-16-8-5-4-6-9-16)28-24(33-22)23(30)27-17-10-7-11-17;2-1-3/h12-13,15-17,29H,4-11,14H2,1-3H3,(H,27,30);. The third kappa shape index (κ3) is 8.19. The Morgan fingerprint density at radius 1 is 1.11 bits per heavy atom. The summed E-state index contributed by atoms with van der Waals surface area (Å²) in [6.45, 7) is 5.39. The molecule has 2 aromatic rings. The predicted molar refractivity (Wildman–Crippen MR) is 143 cm³/mol. The van der Waals surface area contributed by atoms with E-state index in [1.54, 1.807) is 32.9 Å². The van der Waals surface area contributed by atoms with Crippen LogP contribution in [0.5, 0.6) is 0 Å². The Balaban J connectivity index is 0.00000121. The summed E-state index contributed by atoms with van der Waals surface area (Å²) < 4.78 is 28.2. The summed E-state index contributed by atoms with van der Waals surface area (Å²) >= 11 is 8.00. The third-order valence-corrected chi connectivity index (χ3v) is 9.67. The van der Waals surface area contributed by atoms with Gasteiger partial charge in [-0.1, -0.05) is 49.8 Å². The van der Waals surface area contributed by atoms with Crippen LogP contribution in [0.15, 0.2) is 23.1 Å². The van der Waals surface area contributed by atoms with E-state index in [1.807, 2.05) is 0 Å². The van der Waals surface area contributed by atoms with E-state index in [0.717, 1.165) is 41.8 Å². The second kappa shape index (κ2) is 12.6. The molecule has 2 N–H and O–H groups in total. The van der Waals surface area contributed by atoms with Gasteiger partial charge in [-0.05, 0) is 64.5 Å². The van der Waals surface area contributed by atoms with Gasteiger partial charge in [0.25, 0.3) is 5.91 Å². The van der Waals surface area contributed by atoms with E-state index >= 15 is 0 Å². The van der Waals surface area contributed by atoms with Crippen LogP contribution in [0.4, 0.5) is 0 Å². The van der Waals surface area contributed by atoms with Crippen LogP contribution in [0, 0.1) is 5.92 Å². The van der Waals surface area contributed by atoms with Gasteiger partial charge in [0.1, 0.15) is 0 Å². The summed E-state index contributed by atoms with van der Waals surface area (Å²) in [7, 11) is -3.70. The summed E-state index contributed by atoms with van der Waals surface area (Å²) in [6.07, 6.45) is 10.3. The highest BCUT2D eigenvalue weighted by atomic mass is 35.5. The van der Waals surface area contributed by atoms with Crippen molar-refractivity contribution in [2.75, 3.05) is 0 Å². The topological polar surface area (TPSA) is 122 Å². The molecule has 2 aliphatic carbocycles. The molecule has 0 unspecified atom stereocenters. The van der Waals surface area contributed by atoms with Crippen LogP contribution in [0.3, 0.4) is 0 Å². The number of hydrogen-bond acceptors (Lipinski definition) is 7. The minimum atomic E-state index is -3.70. The van der Waals surface area contributed by atoms with Crippen LogP contribution < -0.4 is 10.0 Å². The molecule has 2 aliphatic rings. The minimum Gasteiger partial charge on any atom is -0.347 e. The molecule has 1 aromatic carbocycles. The summed E-state index contributed by atoms with van der Waals surface area (Å²) in [4.78, 5) is 34.9. The number of amides is 1. The quantitative estimate of drug-likeness (QED) is 0.464. The van der Waals surface area contributed by atoms with Crippen molar-refractivity contribution in [3.63, 3.8) is 0 Å². The van der Waals surface area contributed by atoms with E-state index in [0.29, 0.717) is 15.9 Å². The molecule has 2 fully saturated rings. The number of halogens is 1. The molecule has 1 heterocycles. The van der Waals surface area contributed by atoms with Crippen LogP contribution in [-0.2, 0) is 26.0 Å². The molecular weight excluding hydrogens is 534 g/mol. The molecule has 37 heavy (non-hydrogen) atoms. The Labute approximate surface area is 227 Å². The van der Waals surface area contributed by atoms with Gasteiger partial charge in [-0.3, -0.25) is 4.79 Å². The van der Waals surface area contributed by atoms with Gasteiger partial charge in [0.15, 0.2) is 5.01 Å². The second-order valence-corrected chi connectivity index (χ2v) is 13.8. The molecular formula is C26H34ClN3O5S2. The first kappa shape index (κ1) is 29.5. The lowest BCUT2D eigenvalue weighted by atomic mass is 9.85. The highest BCUT2D eigenvalue weighted by Gasteiger charge is 2.27. The zero-order valence-electron chi connectivity index (χ0n) is 21.4. The Kier molecular flexibility index (Phi) is 10.1. The van der Waals surface area contributed by atoms with Crippen LogP contribution >= 0.6 is 22.9 Å². The lowest BCUT2D eigenvalue weighted by Gasteiger charge is -2.25. The molecule has 8 nitrogen and oxygen atoms in total. The van der Waals surface area contributed by atoms with E-state index in [4.69, 9.17) is 26.2 Å². The van der Waals surface area contributed by atoms with Gasteiger partial charge in [0.2, 0.25) is 10.0 Å². The Morgan fingerprint density at radius 3 is 2.30 bits per heavy atom. The van der Waals surface area contributed by atoms with Crippen LogP contribution in [0.1, 0.15) is 87.6 Å². The Hall–Kier alpha value is -2.10. The van der Waals surface area contributed by atoms with Crippen LogP contribution in [0.2, 0.25) is 5.02 Å². The molecule has 2 saturated carbocycles. The van der Waals surface area contributed by atoms with Crippen LogP contribution in [0.25, 0.3) is 10.4 Å². The normalized spacial score (nSPS) is 16.8. The van der Waals surface area contributed by atoms with Crippen molar-refractivity contribution < 1.29 is 22.8 Å². The molecule has 11 heteroatoms. The zero-order chi connectivity index (χ0) is 27.2. The van der Waals surface area contributed by atoms with Gasteiger partial charge >= 0.3 is 6.15 Å². The lowest BCUT2D eigenvalue weighted by molar-refractivity contribution is -0.191. The Morgan fingerprint density at radius 2 is 1.76 bits per heavy atom. The van der Waals surface area contributed by atoms with Crippen molar-refractivity contribution in [2.24, 2.45) is 5.92 Å². The number of rotatable bonds is 7. The predicted octanol–water partition coefficient (Wildman–Crippen LogP) is 5.36. The van der Waals surface area contributed by atoms with E-state index in [2.05, 4.69) is 10.0 Å². The molecule has 0 aliphatic heterocycles. The van der Waals surface area contributed by atoms with Crippen molar-refractivity contribution >= 4 is 45.0 Å². The second-order valence-electron chi connectivity index (χ2n) is 10.7.